The number of hydrogen-bond donors (Lipinski definition) is 1. The van der Waals surface area contributed by atoms with E-state index in [2.05, 4.69) is 4.74 Å². The number of nitrogens with zero attached hydrogens (tertiary/aromatic N) is 2. The van der Waals surface area contributed by atoms with Crippen molar-refractivity contribution in [3.05, 3.63) is 30.1 Å². The van der Waals surface area contributed by atoms with Gasteiger partial charge in [0, 0.05) is 20.1 Å². The number of carbonyl (C=O) groups excluding carboxylic acids is 1. The second-order valence-electron chi connectivity index (χ2n) is 7.91. The normalized spacial score (nSPS) is 22.3. The van der Waals surface area contributed by atoms with E-state index in [1.54, 1.807) is 0 Å². The van der Waals surface area contributed by atoms with Crippen molar-refractivity contribution in [3.8, 4) is 0 Å². The minimum atomic E-state index is -4.87. The SMILES string of the molecule is CN(C1COC2(CCN(C(=O)O[C@H](CO)C(F)(F)F)CC2)C1)S(=O)(=O)c1ccc(F)cc1. The van der Waals surface area contributed by atoms with Crippen molar-refractivity contribution in [1.82, 2.24) is 9.21 Å². The molecule has 0 saturated carbocycles. The monoisotopic (exact) mass is 484 g/mol. The van der Waals surface area contributed by atoms with Crippen LogP contribution in [0.4, 0.5) is 22.4 Å². The second kappa shape index (κ2) is 9.12. The molecular formula is C19H24F4N2O6S. The van der Waals surface area contributed by atoms with Crippen LogP contribution < -0.4 is 0 Å². The van der Waals surface area contributed by atoms with Gasteiger partial charge in [0.15, 0.2) is 0 Å². The largest absolute Gasteiger partial charge is 0.434 e. The van der Waals surface area contributed by atoms with E-state index in [4.69, 9.17) is 9.84 Å². The molecule has 0 radical (unpaired) electrons. The van der Waals surface area contributed by atoms with Gasteiger partial charge in [0.05, 0.1) is 29.8 Å². The summed E-state index contributed by atoms with van der Waals surface area (Å²) in [6.45, 7) is -1.12. The molecule has 1 spiro atoms. The fourth-order valence-corrected chi connectivity index (χ4v) is 5.21. The molecule has 0 aromatic heterocycles. The number of halogens is 4. The number of likely N-dealkylation sites (tertiary alicyclic amines) is 1. The van der Waals surface area contributed by atoms with E-state index in [-0.39, 0.29) is 24.6 Å². The number of piperidine rings is 1. The van der Waals surface area contributed by atoms with Crippen molar-refractivity contribution < 1.29 is 45.4 Å². The number of likely N-dealkylation sites (N-methyl/N-ethyl adjacent to an activating group) is 1. The predicted molar refractivity (Wildman–Crippen MR) is 103 cm³/mol. The molecule has 1 N–H and O–H groups in total. The maximum absolute atomic E-state index is 13.1. The lowest BCUT2D eigenvalue weighted by Crippen LogP contribution is -2.49. The summed E-state index contributed by atoms with van der Waals surface area (Å²) in [4.78, 5) is 13.1. The van der Waals surface area contributed by atoms with E-state index >= 15 is 0 Å². The standard InChI is InChI=1S/C19H24F4N2O6S/c1-24(32(28,29)15-4-2-13(20)3-5-15)14-10-18(30-12-14)6-8-25(9-7-18)17(27)31-16(11-26)19(21,22)23/h2-5,14,16,26H,6-12H2,1H3/t14?,16-/m1/s1. The van der Waals surface area contributed by atoms with E-state index in [0.29, 0.717) is 19.3 Å². The highest BCUT2D eigenvalue weighted by Gasteiger charge is 2.48. The van der Waals surface area contributed by atoms with Crippen LogP contribution in [0.25, 0.3) is 0 Å². The topological polar surface area (TPSA) is 96.4 Å². The molecule has 2 aliphatic heterocycles. The molecule has 3 rings (SSSR count). The van der Waals surface area contributed by atoms with Crippen LogP contribution in [-0.2, 0) is 19.5 Å². The number of sulfonamides is 1. The summed E-state index contributed by atoms with van der Waals surface area (Å²) in [6.07, 6.45) is -7.72. The van der Waals surface area contributed by atoms with E-state index in [9.17, 15) is 30.8 Å². The average molecular weight is 484 g/mol. The van der Waals surface area contributed by atoms with Crippen LogP contribution in [0.1, 0.15) is 19.3 Å². The summed E-state index contributed by atoms with van der Waals surface area (Å²) < 4.78 is 88.3. The minimum absolute atomic E-state index is 0.0528. The number of carbonyl (C=O) groups is 1. The maximum Gasteiger partial charge on any atom is 0.427 e. The fourth-order valence-electron chi connectivity index (χ4n) is 3.87. The van der Waals surface area contributed by atoms with Gasteiger partial charge < -0.3 is 19.5 Å². The van der Waals surface area contributed by atoms with Crippen LogP contribution in [0, 0.1) is 5.82 Å². The molecule has 2 fully saturated rings. The van der Waals surface area contributed by atoms with Crippen LogP contribution in [0.2, 0.25) is 0 Å². The molecule has 1 aromatic carbocycles. The Hall–Kier alpha value is -1.96. The Labute approximate surface area is 182 Å². The van der Waals surface area contributed by atoms with Gasteiger partial charge in [-0.2, -0.15) is 17.5 Å². The molecule has 8 nitrogen and oxygen atoms in total. The first kappa shape index (κ1) is 24.7. The van der Waals surface area contributed by atoms with E-state index in [1.807, 2.05) is 0 Å². The van der Waals surface area contributed by atoms with Gasteiger partial charge in [-0.25, -0.2) is 17.6 Å². The lowest BCUT2D eigenvalue weighted by molar-refractivity contribution is -0.215. The summed E-state index contributed by atoms with van der Waals surface area (Å²) in [7, 11) is -2.47. The summed E-state index contributed by atoms with van der Waals surface area (Å²) in [5.74, 6) is -0.555. The van der Waals surface area contributed by atoms with E-state index < -0.39 is 52.5 Å². The van der Waals surface area contributed by atoms with Gasteiger partial charge in [0.25, 0.3) is 0 Å². The van der Waals surface area contributed by atoms with Gasteiger partial charge in [0.1, 0.15) is 5.82 Å². The smallest absolute Gasteiger partial charge is 0.427 e. The Bertz CT molecular complexity index is 917. The van der Waals surface area contributed by atoms with Gasteiger partial charge in [-0.1, -0.05) is 0 Å². The van der Waals surface area contributed by atoms with Crippen molar-refractivity contribution in [2.75, 3.05) is 33.4 Å². The van der Waals surface area contributed by atoms with Crippen molar-refractivity contribution in [3.63, 3.8) is 0 Å². The van der Waals surface area contributed by atoms with Crippen LogP contribution in [0.15, 0.2) is 29.2 Å². The van der Waals surface area contributed by atoms with Crippen molar-refractivity contribution in [2.45, 2.75) is 48.1 Å². The molecule has 2 aliphatic rings. The van der Waals surface area contributed by atoms with Gasteiger partial charge in [-0.15, -0.1) is 0 Å². The van der Waals surface area contributed by atoms with Crippen molar-refractivity contribution >= 4 is 16.1 Å². The second-order valence-corrected chi connectivity index (χ2v) is 9.91. The zero-order valence-corrected chi connectivity index (χ0v) is 18.0. The predicted octanol–water partition coefficient (Wildman–Crippen LogP) is 2.13. The van der Waals surface area contributed by atoms with Crippen LogP contribution in [0.3, 0.4) is 0 Å². The highest BCUT2D eigenvalue weighted by atomic mass is 32.2. The number of benzene rings is 1. The highest BCUT2D eigenvalue weighted by Crippen LogP contribution is 2.39. The third-order valence-corrected chi connectivity index (χ3v) is 7.83. The van der Waals surface area contributed by atoms with Crippen LogP contribution in [0.5, 0.6) is 0 Å². The number of hydrogen-bond acceptors (Lipinski definition) is 6. The molecule has 32 heavy (non-hydrogen) atoms. The van der Waals surface area contributed by atoms with Crippen LogP contribution in [-0.4, -0.2) is 86.1 Å². The number of rotatable bonds is 5. The molecule has 13 heteroatoms. The average Bonchev–Trinajstić information content (AvgIpc) is 3.14. The number of alkyl halides is 3. The van der Waals surface area contributed by atoms with Crippen molar-refractivity contribution in [2.24, 2.45) is 0 Å². The summed E-state index contributed by atoms with van der Waals surface area (Å²) >= 11 is 0. The first-order chi connectivity index (χ1) is 14.9. The molecule has 2 heterocycles. The van der Waals surface area contributed by atoms with Crippen LogP contribution >= 0.6 is 0 Å². The first-order valence-corrected chi connectivity index (χ1v) is 11.3. The first-order valence-electron chi connectivity index (χ1n) is 9.89. The quantitative estimate of drug-likeness (QED) is 0.644. The summed E-state index contributed by atoms with van der Waals surface area (Å²) in [5.41, 5.74) is -0.714. The lowest BCUT2D eigenvalue weighted by Gasteiger charge is -2.38. The summed E-state index contributed by atoms with van der Waals surface area (Å²) in [5, 5.41) is 8.81. The van der Waals surface area contributed by atoms with Gasteiger partial charge >= 0.3 is 12.3 Å². The van der Waals surface area contributed by atoms with E-state index in [0.717, 1.165) is 17.0 Å². The highest BCUT2D eigenvalue weighted by molar-refractivity contribution is 7.89. The maximum atomic E-state index is 13.1. The molecule has 2 atom stereocenters. The number of ether oxygens (including phenoxy) is 2. The Kier molecular flexibility index (Phi) is 7.03. The van der Waals surface area contributed by atoms with Crippen molar-refractivity contribution in [1.29, 1.82) is 0 Å². The Morgan fingerprint density at radius 1 is 1.31 bits per heavy atom. The Morgan fingerprint density at radius 3 is 2.44 bits per heavy atom. The number of aliphatic hydroxyl groups is 1. The van der Waals surface area contributed by atoms with Gasteiger partial charge in [-0.05, 0) is 43.5 Å². The molecule has 1 unspecified atom stereocenters. The molecule has 1 amide bonds. The fraction of sp³-hybridized carbons (Fsp3) is 0.632. The zero-order valence-electron chi connectivity index (χ0n) is 17.2. The lowest BCUT2D eigenvalue weighted by atomic mass is 9.87. The molecular weight excluding hydrogens is 460 g/mol. The Balaban J connectivity index is 1.59. The zero-order chi connectivity index (χ0) is 23.7. The third-order valence-electron chi connectivity index (χ3n) is 5.90. The molecule has 1 aromatic rings. The number of aliphatic hydroxyl groups excluding tert-OH is 1. The van der Waals surface area contributed by atoms with Gasteiger partial charge in [-0.3, -0.25) is 0 Å². The molecule has 2 saturated heterocycles. The van der Waals surface area contributed by atoms with E-state index in [1.165, 1.54) is 23.5 Å². The molecule has 0 bridgehead atoms. The summed E-state index contributed by atoms with van der Waals surface area (Å²) in [6, 6.07) is 3.98. The molecule has 180 valence electrons. The Morgan fingerprint density at radius 2 is 1.91 bits per heavy atom. The minimum Gasteiger partial charge on any atom is -0.434 e. The van der Waals surface area contributed by atoms with Gasteiger partial charge in [0.2, 0.25) is 16.1 Å². The number of amides is 1. The third kappa shape index (κ3) is 5.16. The molecule has 0 aliphatic carbocycles.